The molecule has 1 aliphatic rings. The fourth-order valence-electron chi connectivity index (χ4n) is 3.94. The molecule has 3 aromatic rings. The number of carbonyl (C=O) groups is 1. The van der Waals surface area contributed by atoms with Crippen molar-refractivity contribution in [3.05, 3.63) is 58.1 Å². The van der Waals surface area contributed by atoms with Crippen LogP contribution in [-0.4, -0.2) is 30.1 Å². The van der Waals surface area contributed by atoms with Crippen LogP contribution in [0.5, 0.6) is 0 Å². The summed E-state index contributed by atoms with van der Waals surface area (Å²) in [6.45, 7) is 9.72. The van der Waals surface area contributed by atoms with Crippen LogP contribution >= 0.6 is 11.3 Å². The normalized spacial score (nSPS) is 16.5. The summed E-state index contributed by atoms with van der Waals surface area (Å²) in [5, 5.41) is 0.776. The Labute approximate surface area is 176 Å². The first-order valence-electron chi connectivity index (χ1n) is 10.3. The van der Waals surface area contributed by atoms with Crippen molar-refractivity contribution >= 4 is 32.6 Å². The number of aromatic nitrogens is 1. The summed E-state index contributed by atoms with van der Waals surface area (Å²) in [7, 11) is 0. The third-order valence-corrected chi connectivity index (χ3v) is 6.71. The summed E-state index contributed by atoms with van der Waals surface area (Å²) in [6, 6.07) is 10.6. The van der Waals surface area contributed by atoms with E-state index in [0.717, 1.165) is 45.9 Å². The predicted octanol–water partition coefficient (Wildman–Crippen LogP) is 5.28. The molecule has 2 aromatic carbocycles. The molecule has 0 aliphatic carbocycles. The number of anilines is 1. The molecule has 29 heavy (non-hydrogen) atoms. The molecule has 0 bridgehead atoms. The van der Waals surface area contributed by atoms with Crippen molar-refractivity contribution in [2.45, 2.75) is 53.1 Å². The van der Waals surface area contributed by atoms with E-state index in [0.29, 0.717) is 13.0 Å². The van der Waals surface area contributed by atoms with Crippen molar-refractivity contribution in [3.8, 4) is 0 Å². The Morgan fingerprint density at radius 2 is 1.97 bits per heavy atom. The minimum atomic E-state index is 0.0807. The minimum Gasteiger partial charge on any atom is -0.376 e. The second-order valence-electron chi connectivity index (χ2n) is 8.16. The number of hydrogen-bond acceptors (Lipinski definition) is 4. The molecule has 4 nitrogen and oxygen atoms in total. The Bertz CT molecular complexity index is 1050. The van der Waals surface area contributed by atoms with Gasteiger partial charge in [-0.2, -0.15) is 0 Å². The van der Waals surface area contributed by atoms with Gasteiger partial charge in [0.15, 0.2) is 5.13 Å². The van der Waals surface area contributed by atoms with Gasteiger partial charge in [0.25, 0.3) is 0 Å². The van der Waals surface area contributed by atoms with Crippen molar-refractivity contribution in [3.63, 3.8) is 0 Å². The van der Waals surface area contributed by atoms with E-state index in [-0.39, 0.29) is 12.0 Å². The first-order chi connectivity index (χ1) is 13.9. The topological polar surface area (TPSA) is 42.4 Å². The highest BCUT2D eigenvalue weighted by atomic mass is 32.1. The first-order valence-corrected chi connectivity index (χ1v) is 11.1. The Hall–Kier alpha value is -2.24. The van der Waals surface area contributed by atoms with Crippen LogP contribution in [0, 0.1) is 27.7 Å². The zero-order chi connectivity index (χ0) is 20.5. The molecule has 4 rings (SSSR count). The molecule has 1 unspecified atom stereocenters. The van der Waals surface area contributed by atoms with Gasteiger partial charge in [-0.3, -0.25) is 9.69 Å². The Kier molecular flexibility index (Phi) is 5.70. The molecule has 0 saturated carbocycles. The number of nitrogens with zero attached hydrogens (tertiary/aromatic N) is 2. The van der Waals surface area contributed by atoms with Crippen molar-refractivity contribution < 1.29 is 9.53 Å². The van der Waals surface area contributed by atoms with E-state index < -0.39 is 0 Å². The van der Waals surface area contributed by atoms with Gasteiger partial charge < -0.3 is 4.74 Å². The summed E-state index contributed by atoms with van der Waals surface area (Å²) >= 11 is 1.60. The van der Waals surface area contributed by atoms with Crippen LogP contribution in [0.2, 0.25) is 0 Å². The third kappa shape index (κ3) is 4.36. The van der Waals surface area contributed by atoms with Gasteiger partial charge in [-0.25, -0.2) is 4.98 Å². The molecule has 1 fully saturated rings. The number of amides is 1. The zero-order valence-corrected chi connectivity index (χ0v) is 18.4. The number of ether oxygens (including phenoxy) is 1. The van der Waals surface area contributed by atoms with Gasteiger partial charge in [0, 0.05) is 6.61 Å². The minimum absolute atomic E-state index is 0.0807. The molecule has 5 heteroatoms. The third-order valence-electron chi connectivity index (χ3n) is 5.69. The molecule has 0 spiro atoms. The van der Waals surface area contributed by atoms with E-state index in [4.69, 9.17) is 9.72 Å². The molecular weight excluding hydrogens is 380 g/mol. The number of aryl methyl sites for hydroxylation is 4. The van der Waals surface area contributed by atoms with Gasteiger partial charge in [-0.05, 0) is 74.4 Å². The van der Waals surface area contributed by atoms with Gasteiger partial charge in [-0.1, -0.05) is 35.6 Å². The van der Waals surface area contributed by atoms with Gasteiger partial charge in [0.05, 0.1) is 29.3 Å². The summed E-state index contributed by atoms with van der Waals surface area (Å²) in [4.78, 5) is 20.1. The maximum Gasteiger partial charge on any atom is 0.233 e. The van der Waals surface area contributed by atoms with Gasteiger partial charge in [0.1, 0.15) is 0 Å². The van der Waals surface area contributed by atoms with E-state index >= 15 is 0 Å². The van der Waals surface area contributed by atoms with E-state index in [9.17, 15) is 4.79 Å². The van der Waals surface area contributed by atoms with Gasteiger partial charge in [0.2, 0.25) is 5.91 Å². The van der Waals surface area contributed by atoms with E-state index in [1.165, 1.54) is 16.7 Å². The molecule has 1 atom stereocenters. The molecule has 0 N–H and O–H groups in total. The summed E-state index contributed by atoms with van der Waals surface area (Å²) in [5.74, 6) is 0.0807. The average Bonchev–Trinajstić information content (AvgIpc) is 3.32. The largest absolute Gasteiger partial charge is 0.376 e. The number of thiazole rings is 1. The smallest absolute Gasteiger partial charge is 0.233 e. The molecule has 1 aromatic heterocycles. The van der Waals surface area contributed by atoms with E-state index in [1.807, 2.05) is 4.90 Å². The number of carbonyl (C=O) groups excluding carboxylic acids is 1. The van der Waals surface area contributed by atoms with Gasteiger partial charge in [-0.15, -0.1) is 0 Å². The zero-order valence-electron chi connectivity index (χ0n) is 17.6. The van der Waals surface area contributed by atoms with E-state index in [2.05, 4.69) is 58.0 Å². The standard InChI is InChI=1S/C24H28N2O2S/c1-15-10-18(4)23-21(11-15)29-24(25-23)26(14-20-6-5-9-28-20)22(27)13-19-8-7-16(2)17(3)12-19/h7-8,10-12,20H,5-6,9,13-14H2,1-4H3. The van der Waals surface area contributed by atoms with E-state index in [1.54, 1.807) is 11.3 Å². The maximum absolute atomic E-state index is 13.4. The lowest BCUT2D eigenvalue weighted by atomic mass is 10.0. The molecular formula is C24H28N2O2S. The van der Waals surface area contributed by atoms with Crippen molar-refractivity contribution in [1.29, 1.82) is 0 Å². The van der Waals surface area contributed by atoms with Crippen LogP contribution in [0.25, 0.3) is 10.2 Å². The van der Waals surface area contributed by atoms with Crippen LogP contribution in [0.15, 0.2) is 30.3 Å². The highest BCUT2D eigenvalue weighted by Gasteiger charge is 2.26. The number of fused-ring (bicyclic) bond motifs is 1. The summed E-state index contributed by atoms with van der Waals surface area (Å²) in [6.07, 6.45) is 2.52. The van der Waals surface area contributed by atoms with Gasteiger partial charge >= 0.3 is 0 Å². The number of hydrogen-bond donors (Lipinski definition) is 0. The lowest BCUT2D eigenvalue weighted by Crippen LogP contribution is -2.38. The summed E-state index contributed by atoms with van der Waals surface area (Å²) < 4.78 is 6.97. The molecule has 0 radical (unpaired) electrons. The number of rotatable bonds is 5. The van der Waals surface area contributed by atoms with Crippen molar-refractivity contribution in [1.82, 2.24) is 4.98 Å². The highest BCUT2D eigenvalue weighted by molar-refractivity contribution is 7.22. The molecule has 1 saturated heterocycles. The first kappa shape index (κ1) is 20.0. The fourth-order valence-corrected chi connectivity index (χ4v) is 5.10. The molecule has 152 valence electrons. The predicted molar refractivity (Wildman–Crippen MR) is 120 cm³/mol. The fraction of sp³-hybridized carbons (Fsp3) is 0.417. The lowest BCUT2D eigenvalue weighted by molar-refractivity contribution is -0.118. The van der Waals surface area contributed by atoms with Crippen LogP contribution in [0.4, 0.5) is 5.13 Å². The quantitative estimate of drug-likeness (QED) is 0.576. The highest BCUT2D eigenvalue weighted by Crippen LogP contribution is 2.33. The number of benzene rings is 2. The SMILES string of the molecule is Cc1cc(C)c2nc(N(CC3CCCO3)C(=O)Cc3ccc(C)c(C)c3)sc2c1. The van der Waals surface area contributed by atoms with Crippen LogP contribution < -0.4 is 4.90 Å². The second kappa shape index (κ2) is 8.25. The van der Waals surface area contributed by atoms with Crippen LogP contribution in [-0.2, 0) is 16.0 Å². The molecule has 2 heterocycles. The Morgan fingerprint density at radius 3 is 2.69 bits per heavy atom. The van der Waals surface area contributed by atoms with Crippen LogP contribution in [0.3, 0.4) is 0 Å². The van der Waals surface area contributed by atoms with Crippen molar-refractivity contribution in [2.24, 2.45) is 0 Å². The van der Waals surface area contributed by atoms with Crippen molar-refractivity contribution in [2.75, 3.05) is 18.1 Å². The molecule has 1 amide bonds. The molecule has 1 aliphatic heterocycles. The van der Waals surface area contributed by atoms with Crippen LogP contribution in [0.1, 0.15) is 40.7 Å². The monoisotopic (exact) mass is 408 g/mol. The Balaban J connectivity index is 1.66. The second-order valence-corrected chi connectivity index (χ2v) is 9.17. The Morgan fingerprint density at radius 1 is 1.14 bits per heavy atom. The summed E-state index contributed by atoms with van der Waals surface area (Å²) in [5.41, 5.74) is 6.87. The lowest BCUT2D eigenvalue weighted by Gasteiger charge is -2.23. The average molecular weight is 409 g/mol. The maximum atomic E-state index is 13.4.